The van der Waals surface area contributed by atoms with Crippen LogP contribution in [-0.4, -0.2) is 27.5 Å². The number of likely N-dealkylation sites (tertiary alicyclic amines) is 1. The van der Waals surface area contributed by atoms with Crippen molar-refractivity contribution < 1.29 is 4.79 Å². The van der Waals surface area contributed by atoms with Crippen molar-refractivity contribution in [1.82, 2.24) is 15.1 Å². The molecule has 1 aromatic heterocycles. The number of rotatable bonds is 2. The van der Waals surface area contributed by atoms with E-state index in [1.165, 1.54) is 6.42 Å². The number of amides is 1. The molecule has 0 radical (unpaired) electrons. The van der Waals surface area contributed by atoms with E-state index in [-0.39, 0.29) is 17.9 Å². The molecule has 1 saturated heterocycles. The van der Waals surface area contributed by atoms with E-state index in [1.54, 1.807) is 0 Å². The third-order valence-corrected chi connectivity index (χ3v) is 4.09. The average Bonchev–Trinajstić information content (AvgIpc) is 2.74. The van der Waals surface area contributed by atoms with Crippen molar-refractivity contribution in [3.8, 4) is 0 Å². The average molecular weight is 347 g/mol. The van der Waals surface area contributed by atoms with E-state index in [9.17, 15) is 4.79 Å². The second kappa shape index (κ2) is 5.37. The maximum Gasteiger partial charge on any atom is 0.225 e. The van der Waals surface area contributed by atoms with E-state index in [1.807, 2.05) is 24.9 Å². The Kier molecular flexibility index (Phi) is 4.06. The van der Waals surface area contributed by atoms with Gasteiger partial charge >= 0.3 is 0 Å². The van der Waals surface area contributed by atoms with Gasteiger partial charge in [-0.1, -0.05) is 13.8 Å². The van der Waals surface area contributed by atoms with Crippen molar-refractivity contribution in [3.63, 3.8) is 0 Å². The summed E-state index contributed by atoms with van der Waals surface area (Å²) in [5.74, 6) is 0.316. The molecular weight excluding hydrogens is 329 g/mol. The molecule has 1 N–H and O–H groups in total. The first-order valence-electron chi connectivity index (χ1n) is 6.10. The molecule has 5 heteroatoms. The Morgan fingerprint density at radius 1 is 1.59 bits per heavy atom. The van der Waals surface area contributed by atoms with Crippen LogP contribution in [0.15, 0.2) is 6.20 Å². The lowest BCUT2D eigenvalue weighted by molar-refractivity contribution is -0.138. The monoisotopic (exact) mass is 347 g/mol. The fourth-order valence-electron chi connectivity index (χ4n) is 2.34. The molecule has 2 rings (SSSR count). The molecule has 1 aliphatic heterocycles. The number of aromatic amines is 1. The van der Waals surface area contributed by atoms with Gasteiger partial charge in [0.05, 0.1) is 21.5 Å². The van der Waals surface area contributed by atoms with Crippen LogP contribution in [0.2, 0.25) is 0 Å². The van der Waals surface area contributed by atoms with Crippen LogP contribution in [0.4, 0.5) is 0 Å². The van der Waals surface area contributed by atoms with Gasteiger partial charge in [0.1, 0.15) is 0 Å². The second-order valence-corrected chi connectivity index (χ2v) is 5.99. The van der Waals surface area contributed by atoms with Gasteiger partial charge in [0.25, 0.3) is 0 Å². The highest BCUT2D eigenvalue weighted by Gasteiger charge is 2.31. The smallest absolute Gasteiger partial charge is 0.225 e. The third kappa shape index (κ3) is 2.64. The van der Waals surface area contributed by atoms with Gasteiger partial charge in [0, 0.05) is 12.5 Å². The lowest BCUT2D eigenvalue weighted by Gasteiger charge is -2.36. The number of nitrogens with zero attached hydrogens (tertiary/aromatic N) is 2. The number of H-pyrrole nitrogens is 1. The standard InChI is InChI=1S/C12H18IN3O/c1-8(2)12(17)16-6-4-3-5-10(16)11-9(13)7-14-15-11/h7-8,10H,3-6H2,1-2H3,(H,14,15). The molecule has 1 aromatic rings. The summed E-state index contributed by atoms with van der Waals surface area (Å²) in [6.07, 6.45) is 5.15. The Bertz CT molecular complexity index is 402. The number of nitrogens with one attached hydrogen (secondary N) is 1. The molecule has 0 aromatic carbocycles. The van der Waals surface area contributed by atoms with E-state index in [4.69, 9.17) is 0 Å². The topological polar surface area (TPSA) is 49.0 Å². The Morgan fingerprint density at radius 2 is 2.35 bits per heavy atom. The molecule has 1 atom stereocenters. The van der Waals surface area contributed by atoms with Crippen LogP contribution < -0.4 is 0 Å². The molecule has 1 aliphatic rings. The molecule has 17 heavy (non-hydrogen) atoms. The summed E-state index contributed by atoms with van der Waals surface area (Å²) < 4.78 is 1.12. The van der Waals surface area contributed by atoms with Gasteiger partial charge in [-0.3, -0.25) is 9.89 Å². The number of hydrogen-bond acceptors (Lipinski definition) is 2. The molecule has 2 heterocycles. The number of halogens is 1. The zero-order valence-corrected chi connectivity index (χ0v) is 12.4. The fourth-order valence-corrected chi connectivity index (χ4v) is 2.96. The van der Waals surface area contributed by atoms with E-state index in [2.05, 4.69) is 32.8 Å². The van der Waals surface area contributed by atoms with Crippen LogP contribution in [0.25, 0.3) is 0 Å². The van der Waals surface area contributed by atoms with Crippen LogP contribution in [0.3, 0.4) is 0 Å². The number of aromatic nitrogens is 2. The first kappa shape index (κ1) is 12.9. The maximum atomic E-state index is 12.2. The molecule has 0 aliphatic carbocycles. The van der Waals surface area contributed by atoms with Crippen LogP contribution in [0.5, 0.6) is 0 Å². The molecule has 94 valence electrons. The highest BCUT2D eigenvalue weighted by molar-refractivity contribution is 14.1. The van der Waals surface area contributed by atoms with Gasteiger partial charge in [0.2, 0.25) is 5.91 Å². The van der Waals surface area contributed by atoms with Crippen molar-refractivity contribution in [1.29, 1.82) is 0 Å². The summed E-state index contributed by atoms with van der Waals surface area (Å²) in [6.45, 7) is 4.80. The van der Waals surface area contributed by atoms with Gasteiger partial charge in [-0.15, -0.1) is 0 Å². The van der Waals surface area contributed by atoms with Crippen LogP contribution in [-0.2, 0) is 4.79 Å². The van der Waals surface area contributed by atoms with Gasteiger partial charge in [-0.25, -0.2) is 0 Å². The molecule has 1 unspecified atom stereocenters. The lowest BCUT2D eigenvalue weighted by atomic mass is 9.97. The number of carbonyl (C=O) groups is 1. The minimum Gasteiger partial charge on any atom is -0.334 e. The molecule has 1 fully saturated rings. The van der Waals surface area contributed by atoms with E-state index in [0.29, 0.717) is 0 Å². The van der Waals surface area contributed by atoms with Gasteiger partial charge < -0.3 is 4.90 Å². The maximum absolute atomic E-state index is 12.2. The Labute approximate surface area is 115 Å². The van der Waals surface area contributed by atoms with Crippen LogP contribution in [0.1, 0.15) is 44.8 Å². The van der Waals surface area contributed by atoms with Crippen molar-refractivity contribution >= 4 is 28.5 Å². The normalized spacial score (nSPS) is 20.9. The summed E-state index contributed by atoms with van der Waals surface area (Å²) in [6, 6.07) is 0.188. The van der Waals surface area contributed by atoms with Crippen molar-refractivity contribution in [2.75, 3.05) is 6.54 Å². The molecular formula is C12H18IN3O. The van der Waals surface area contributed by atoms with Gasteiger partial charge in [0.15, 0.2) is 0 Å². The fraction of sp³-hybridized carbons (Fsp3) is 0.667. The van der Waals surface area contributed by atoms with E-state index < -0.39 is 0 Å². The molecule has 1 amide bonds. The number of piperidine rings is 1. The third-order valence-electron chi connectivity index (χ3n) is 3.23. The quantitative estimate of drug-likeness (QED) is 0.837. The lowest BCUT2D eigenvalue weighted by Crippen LogP contribution is -2.41. The molecule has 0 spiro atoms. The van der Waals surface area contributed by atoms with E-state index in [0.717, 1.165) is 28.7 Å². The minimum absolute atomic E-state index is 0.0659. The second-order valence-electron chi connectivity index (χ2n) is 4.83. The summed E-state index contributed by atoms with van der Waals surface area (Å²) >= 11 is 2.28. The van der Waals surface area contributed by atoms with Crippen molar-refractivity contribution in [2.45, 2.75) is 39.2 Å². The Hall–Kier alpha value is -0.590. The van der Waals surface area contributed by atoms with Crippen molar-refractivity contribution in [2.24, 2.45) is 5.92 Å². The highest BCUT2D eigenvalue weighted by Crippen LogP contribution is 2.32. The predicted octanol–water partition coefficient (Wildman–Crippen LogP) is 2.72. The van der Waals surface area contributed by atoms with Crippen LogP contribution in [0, 0.1) is 9.49 Å². The summed E-state index contributed by atoms with van der Waals surface area (Å²) in [7, 11) is 0. The van der Waals surface area contributed by atoms with Gasteiger partial charge in [-0.05, 0) is 41.9 Å². The predicted molar refractivity (Wildman–Crippen MR) is 74.4 cm³/mol. The van der Waals surface area contributed by atoms with E-state index >= 15 is 0 Å². The molecule has 0 saturated carbocycles. The summed E-state index contributed by atoms with van der Waals surface area (Å²) in [5.41, 5.74) is 1.10. The molecule has 4 nitrogen and oxygen atoms in total. The summed E-state index contributed by atoms with van der Waals surface area (Å²) in [5, 5.41) is 7.11. The van der Waals surface area contributed by atoms with Crippen molar-refractivity contribution in [3.05, 3.63) is 15.5 Å². The summed E-state index contributed by atoms with van der Waals surface area (Å²) in [4.78, 5) is 14.2. The zero-order valence-electron chi connectivity index (χ0n) is 10.2. The SMILES string of the molecule is CC(C)C(=O)N1CCCCC1c1[nH]ncc1I. The number of hydrogen-bond donors (Lipinski definition) is 1. The minimum atomic E-state index is 0.0659. The Morgan fingerprint density at radius 3 is 2.94 bits per heavy atom. The first-order chi connectivity index (χ1) is 8.11. The first-order valence-corrected chi connectivity index (χ1v) is 7.18. The highest BCUT2D eigenvalue weighted by atomic mass is 127. The Balaban J connectivity index is 2.24. The van der Waals surface area contributed by atoms with Gasteiger partial charge in [-0.2, -0.15) is 5.10 Å². The van der Waals surface area contributed by atoms with Crippen LogP contribution >= 0.6 is 22.6 Å². The number of carbonyl (C=O) groups excluding carboxylic acids is 1. The zero-order chi connectivity index (χ0) is 12.4. The largest absolute Gasteiger partial charge is 0.334 e. The molecule has 0 bridgehead atoms.